The summed E-state index contributed by atoms with van der Waals surface area (Å²) in [4.78, 5) is 14.5. The number of halogens is 1. The maximum Gasteiger partial charge on any atom is 0.254 e. The van der Waals surface area contributed by atoms with Gasteiger partial charge >= 0.3 is 0 Å². The summed E-state index contributed by atoms with van der Waals surface area (Å²) in [7, 11) is 0. The van der Waals surface area contributed by atoms with E-state index < -0.39 is 0 Å². The summed E-state index contributed by atoms with van der Waals surface area (Å²) in [5.41, 5.74) is 1.96. The first-order valence-electron chi connectivity index (χ1n) is 6.21. The lowest BCUT2D eigenvalue weighted by atomic mass is 10.1. The summed E-state index contributed by atoms with van der Waals surface area (Å²) in [5.74, 6) is 0.971. The van der Waals surface area contributed by atoms with Crippen molar-refractivity contribution in [3.63, 3.8) is 0 Å². The van der Waals surface area contributed by atoms with Crippen LogP contribution in [0.1, 0.15) is 35.2 Å². The summed E-state index contributed by atoms with van der Waals surface area (Å²) in [6.45, 7) is 2.99. The molecule has 1 heterocycles. The first-order chi connectivity index (χ1) is 8.13. The second-order valence-electron chi connectivity index (χ2n) is 5.31. The lowest BCUT2D eigenvalue weighted by molar-refractivity contribution is 0.0703. The highest BCUT2D eigenvalue weighted by atomic mass is 79.9. The Bertz CT molecular complexity index is 451. The molecule has 1 saturated heterocycles. The van der Waals surface area contributed by atoms with Gasteiger partial charge in [0.05, 0.1) is 0 Å². The Kier molecular flexibility index (Phi) is 2.74. The number of amides is 1. The van der Waals surface area contributed by atoms with Crippen LogP contribution in [0, 0.1) is 12.8 Å². The van der Waals surface area contributed by atoms with E-state index in [1.165, 1.54) is 19.3 Å². The van der Waals surface area contributed by atoms with Crippen molar-refractivity contribution in [1.29, 1.82) is 0 Å². The smallest absolute Gasteiger partial charge is 0.254 e. The molecule has 2 nitrogen and oxygen atoms in total. The van der Waals surface area contributed by atoms with Crippen LogP contribution in [-0.2, 0) is 0 Å². The predicted molar refractivity (Wildman–Crippen MR) is 71.0 cm³/mol. The van der Waals surface area contributed by atoms with Crippen molar-refractivity contribution in [3.8, 4) is 0 Å². The van der Waals surface area contributed by atoms with Crippen LogP contribution >= 0.6 is 15.9 Å². The number of aryl methyl sites for hydroxylation is 1. The monoisotopic (exact) mass is 293 g/mol. The van der Waals surface area contributed by atoms with Crippen LogP contribution in [0.15, 0.2) is 22.7 Å². The first kappa shape index (κ1) is 11.3. The van der Waals surface area contributed by atoms with Gasteiger partial charge in [0.15, 0.2) is 0 Å². The molecule has 3 rings (SSSR count). The molecule has 17 heavy (non-hydrogen) atoms. The quantitative estimate of drug-likeness (QED) is 0.777. The van der Waals surface area contributed by atoms with Crippen LogP contribution in [0.25, 0.3) is 0 Å². The molecular formula is C14H16BrNO. The van der Waals surface area contributed by atoms with Crippen molar-refractivity contribution in [3.05, 3.63) is 33.8 Å². The van der Waals surface area contributed by atoms with Gasteiger partial charge in [-0.05, 0) is 55.9 Å². The molecule has 1 aliphatic carbocycles. The molecule has 1 amide bonds. The summed E-state index contributed by atoms with van der Waals surface area (Å²) < 4.78 is 0.991. The van der Waals surface area contributed by atoms with Gasteiger partial charge in [-0.2, -0.15) is 0 Å². The van der Waals surface area contributed by atoms with E-state index >= 15 is 0 Å². The van der Waals surface area contributed by atoms with Crippen LogP contribution in [0.2, 0.25) is 0 Å². The topological polar surface area (TPSA) is 20.3 Å². The minimum Gasteiger partial charge on any atom is -0.335 e. The number of fused-ring (bicyclic) bond motifs is 2. The van der Waals surface area contributed by atoms with Crippen LogP contribution in [-0.4, -0.2) is 23.4 Å². The molecule has 2 atom stereocenters. The van der Waals surface area contributed by atoms with E-state index in [2.05, 4.69) is 20.8 Å². The van der Waals surface area contributed by atoms with Crippen molar-refractivity contribution in [2.75, 3.05) is 6.54 Å². The van der Waals surface area contributed by atoms with E-state index in [4.69, 9.17) is 0 Å². The number of benzene rings is 1. The zero-order chi connectivity index (χ0) is 12.0. The number of likely N-dealkylation sites (tertiary alicyclic amines) is 1. The molecule has 1 saturated carbocycles. The zero-order valence-corrected chi connectivity index (χ0v) is 11.5. The number of carbonyl (C=O) groups excluding carboxylic acids is 1. The van der Waals surface area contributed by atoms with Gasteiger partial charge in [-0.1, -0.05) is 15.9 Å². The van der Waals surface area contributed by atoms with Gasteiger partial charge in [-0.15, -0.1) is 0 Å². The third kappa shape index (κ3) is 2.01. The van der Waals surface area contributed by atoms with Crippen molar-refractivity contribution >= 4 is 21.8 Å². The summed E-state index contributed by atoms with van der Waals surface area (Å²) in [5, 5.41) is 0. The van der Waals surface area contributed by atoms with E-state index in [1.54, 1.807) is 0 Å². The average Bonchev–Trinajstić information content (AvgIpc) is 2.88. The van der Waals surface area contributed by atoms with Crippen LogP contribution < -0.4 is 0 Å². The molecule has 90 valence electrons. The summed E-state index contributed by atoms with van der Waals surface area (Å²) in [6.07, 6.45) is 3.73. The fourth-order valence-corrected chi connectivity index (χ4v) is 3.81. The fourth-order valence-electron chi connectivity index (χ4n) is 3.20. The van der Waals surface area contributed by atoms with E-state index in [0.717, 1.165) is 28.1 Å². The molecule has 1 aromatic carbocycles. The third-order valence-corrected chi connectivity index (χ3v) is 4.42. The Balaban J connectivity index is 1.86. The molecule has 0 N–H and O–H groups in total. The number of hydrogen-bond acceptors (Lipinski definition) is 1. The van der Waals surface area contributed by atoms with Crippen molar-refractivity contribution < 1.29 is 4.79 Å². The van der Waals surface area contributed by atoms with Crippen LogP contribution in [0.3, 0.4) is 0 Å². The van der Waals surface area contributed by atoms with Gasteiger partial charge in [-0.3, -0.25) is 4.79 Å². The molecule has 2 unspecified atom stereocenters. The van der Waals surface area contributed by atoms with Crippen molar-refractivity contribution in [2.45, 2.75) is 32.2 Å². The molecule has 0 spiro atoms. The normalized spacial score (nSPS) is 26.6. The minimum absolute atomic E-state index is 0.210. The highest BCUT2D eigenvalue weighted by Crippen LogP contribution is 2.38. The van der Waals surface area contributed by atoms with E-state index in [9.17, 15) is 4.79 Å². The molecule has 3 heteroatoms. The van der Waals surface area contributed by atoms with Gasteiger partial charge in [0.2, 0.25) is 0 Å². The van der Waals surface area contributed by atoms with Gasteiger partial charge in [0, 0.05) is 22.6 Å². The number of piperidine rings is 1. The predicted octanol–water partition coefficient (Wildman–Crippen LogP) is 3.38. The van der Waals surface area contributed by atoms with E-state index in [-0.39, 0.29) is 5.91 Å². The molecule has 1 aliphatic heterocycles. The lowest BCUT2D eigenvalue weighted by Gasteiger charge is -2.27. The van der Waals surface area contributed by atoms with Crippen molar-refractivity contribution in [2.24, 2.45) is 5.92 Å². The van der Waals surface area contributed by atoms with E-state index in [0.29, 0.717) is 6.04 Å². The Morgan fingerprint density at radius 3 is 2.76 bits per heavy atom. The second-order valence-corrected chi connectivity index (χ2v) is 6.22. The number of rotatable bonds is 1. The van der Waals surface area contributed by atoms with Gasteiger partial charge in [0.1, 0.15) is 0 Å². The number of hydrogen-bond donors (Lipinski definition) is 0. The highest BCUT2D eigenvalue weighted by Gasteiger charge is 2.40. The second kappa shape index (κ2) is 4.13. The maximum atomic E-state index is 12.4. The lowest BCUT2D eigenvalue weighted by Crippen LogP contribution is -2.37. The molecule has 2 aliphatic rings. The largest absolute Gasteiger partial charge is 0.335 e. The standard InChI is InChI=1S/C14H16BrNO/c1-9-4-11(7-12(15)5-9)14(17)16-8-10-2-3-13(16)6-10/h4-5,7,10,13H,2-3,6,8H2,1H3. The molecule has 2 bridgehead atoms. The van der Waals surface area contributed by atoms with Crippen LogP contribution in [0.5, 0.6) is 0 Å². The molecule has 0 aromatic heterocycles. The summed E-state index contributed by atoms with van der Waals surface area (Å²) in [6, 6.07) is 6.46. The third-order valence-electron chi connectivity index (χ3n) is 3.96. The Morgan fingerprint density at radius 1 is 1.35 bits per heavy atom. The minimum atomic E-state index is 0.210. The van der Waals surface area contributed by atoms with Gasteiger partial charge in [0.25, 0.3) is 5.91 Å². The zero-order valence-electron chi connectivity index (χ0n) is 9.95. The average molecular weight is 294 g/mol. The molecule has 1 aromatic rings. The molecule has 0 radical (unpaired) electrons. The maximum absolute atomic E-state index is 12.4. The van der Waals surface area contributed by atoms with Crippen molar-refractivity contribution in [1.82, 2.24) is 4.90 Å². The van der Waals surface area contributed by atoms with E-state index in [1.807, 2.05) is 25.1 Å². The first-order valence-corrected chi connectivity index (χ1v) is 7.01. The highest BCUT2D eigenvalue weighted by molar-refractivity contribution is 9.10. The van der Waals surface area contributed by atoms with Gasteiger partial charge in [-0.25, -0.2) is 0 Å². The SMILES string of the molecule is Cc1cc(Br)cc(C(=O)N2CC3CCC2C3)c1. The Hall–Kier alpha value is -0.830. The molecular weight excluding hydrogens is 278 g/mol. The molecule has 2 fully saturated rings. The summed E-state index contributed by atoms with van der Waals surface area (Å²) >= 11 is 3.46. The Morgan fingerprint density at radius 2 is 2.18 bits per heavy atom. The Labute approximate surface area is 110 Å². The van der Waals surface area contributed by atoms with Gasteiger partial charge < -0.3 is 4.90 Å². The fraction of sp³-hybridized carbons (Fsp3) is 0.500. The number of carbonyl (C=O) groups is 1. The van der Waals surface area contributed by atoms with Crippen LogP contribution in [0.4, 0.5) is 0 Å². The number of nitrogens with zero attached hydrogens (tertiary/aromatic N) is 1.